The zero-order valence-corrected chi connectivity index (χ0v) is 14.8. The first-order chi connectivity index (χ1) is 11.7. The van der Waals surface area contributed by atoms with E-state index in [-0.39, 0.29) is 17.9 Å². The molecule has 0 unspecified atom stereocenters. The quantitative estimate of drug-likeness (QED) is 0.902. The van der Waals surface area contributed by atoms with Gasteiger partial charge in [0.1, 0.15) is 0 Å². The zero-order valence-electron chi connectivity index (χ0n) is 14.8. The Bertz CT molecular complexity index is 538. The SMILES string of the molecule is CCN1CC2(CCN(CCCO)CC2)C[C@H](c2ccccc2)C1=O. The number of likely N-dealkylation sites (N-methyl/N-ethyl adjacent to an activating group) is 1. The zero-order chi connectivity index (χ0) is 17.0. The lowest BCUT2D eigenvalue weighted by Gasteiger charge is -2.50. The second-order valence-corrected chi connectivity index (χ2v) is 7.44. The highest BCUT2D eigenvalue weighted by molar-refractivity contribution is 5.84. The Morgan fingerprint density at radius 1 is 1.21 bits per heavy atom. The van der Waals surface area contributed by atoms with E-state index in [0.717, 1.165) is 58.4 Å². The normalized spacial score (nSPS) is 24.5. The van der Waals surface area contributed by atoms with E-state index >= 15 is 0 Å². The van der Waals surface area contributed by atoms with E-state index in [1.54, 1.807) is 0 Å². The number of rotatable bonds is 5. The van der Waals surface area contributed by atoms with Crippen LogP contribution in [0.1, 0.15) is 44.1 Å². The van der Waals surface area contributed by atoms with Crippen molar-refractivity contribution >= 4 is 5.91 Å². The van der Waals surface area contributed by atoms with Gasteiger partial charge in [-0.2, -0.15) is 0 Å². The third-order valence-electron chi connectivity index (χ3n) is 5.91. The highest BCUT2D eigenvalue weighted by Crippen LogP contribution is 2.45. The predicted molar refractivity (Wildman–Crippen MR) is 95.9 cm³/mol. The van der Waals surface area contributed by atoms with E-state index in [0.29, 0.717) is 5.91 Å². The van der Waals surface area contributed by atoms with Gasteiger partial charge in [-0.05, 0) is 56.7 Å². The largest absolute Gasteiger partial charge is 0.396 e. The van der Waals surface area contributed by atoms with E-state index in [1.165, 1.54) is 5.56 Å². The van der Waals surface area contributed by atoms with Crippen LogP contribution in [-0.2, 0) is 4.79 Å². The number of aliphatic hydroxyl groups excluding tert-OH is 1. The molecule has 0 saturated carbocycles. The number of amides is 1. The maximum Gasteiger partial charge on any atom is 0.230 e. The highest BCUT2D eigenvalue weighted by atomic mass is 16.3. The van der Waals surface area contributed by atoms with Crippen molar-refractivity contribution in [3.8, 4) is 0 Å². The van der Waals surface area contributed by atoms with Gasteiger partial charge in [0.25, 0.3) is 0 Å². The number of carbonyl (C=O) groups excluding carboxylic acids is 1. The van der Waals surface area contributed by atoms with Crippen molar-refractivity contribution in [3.05, 3.63) is 35.9 Å². The van der Waals surface area contributed by atoms with Crippen molar-refractivity contribution in [2.45, 2.75) is 38.5 Å². The van der Waals surface area contributed by atoms with Gasteiger partial charge in [-0.15, -0.1) is 0 Å². The second kappa shape index (κ2) is 7.66. The minimum absolute atomic E-state index is 0.0175. The average Bonchev–Trinajstić information content (AvgIpc) is 2.64. The van der Waals surface area contributed by atoms with Crippen molar-refractivity contribution in [1.29, 1.82) is 0 Å². The maximum atomic E-state index is 12.9. The molecule has 3 rings (SSSR count). The van der Waals surface area contributed by atoms with Crippen LogP contribution in [-0.4, -0.2) is 60.1 Å². The molecule has 2 heterocycles. The molecule has 24 heavy (non-hydrogen) atoms. The van der Waals surface area contributed by atoms with Gasteiger partial charge < -0.3 is 14.9 Å². The summed E-state index contributed by atoms with van der Waals surface area (Å²) in [6.07, 6.45) is 4.16. The lowest BCUT2D eigenvalue weighted by Crippen LogP contribution is -2.54. The van der Waals surface area contributed by atoms with Crippen molar-refractivity contribution < 1.29 is 9.90 Å². The molecule has 1 amide bonds. The molecule has 2 aliphatic rings. The number of nitrogens with zero attached hydrogens (tertiary/aromatic N) is 2. The summed E-state index contributed by atoms with van der Waals surface area (Å²) in [5.74, 6) is 0.320. The lowest BCUT2D eigenvalue weighted by molar-refractivity contribution is -0.141. The Kier molecular flexibility index (Phi) is 5.57. The molecule has 2 fully saturated rings. The Labute approximate surface area is 145 Å². The van der Waals surface area contributed by atoms with Gasteiger partial charge in [0, 0.05) is 26.2 Å². The first-order valence-corrected chi connectivity index (χ1v) is 9.34. The number of carbonyl (C=O) groups is 1. The molecule has 1 aromatic carbocycles. The molecule has 0 radical (unpaired) electrons. The molecule has 132 valence electrons. The fourth-order valence-corrected chi connectivity index (χ4v) is 4.41. The fourth-order valence-electron chi connectivity index (χ4n) is 4.41. The summed E-state index contributed by atoms with van der Waals surface area (Å²) < 4.78 is 0. The third kappa shape index (κ3) is 3.65. The Balaban J connectivity index is 1.74. The number of likely N-dealkylation sites (tertiary alicyclic amines) is 2. The smallest absolute Gasteiger partial charge is 0.230 e. The molecule has 1 N–H and O–H groups in total. The molecule has 4 nitrogen and oxygen atoms in total. The highest BCUT2D eigenvalue weighted by Gasteiger charge is 2.45. The van der Waals surface area contributed by atoms with Crippen LogP contribution in [0, 0.1) is 5.41 Å². The maximum absolute atomic E-state index is 12.9. The van der Waals surface area contributed by atoms with Crippen LogP contribution >= 0.6 is 0 Å². The molecule has 1 spiro atoms. The molecule has 0 aromatic heterocycles. The van der Waals surface area contributed by atoms with Crippen molar-refractivity contribution in [2.75, 3.05) is 39.3 Å². The summed E-state index contributed by atoms with van der Waals surface area (Å²) >= 11 is 0. The molecule has 0 aliphatic carbocycles. The molecule has 0 bridgehead atoms. The van der Waals surface area contributed by atoms with Crippen molar-refractivity contribution in [3.63, 3.8) is 0 Å². The third-order valence-corrected chi connectivity index (χ3v) is 5.91. The van der Waals surface area contributed by atoms with Crippen molar-refractivity contribution in [2.24, 2.45) is 5.41 Å². The van der Waals surface area contributed by atoms with Gasteiger partial charge in [-0.1, -0.05) is 30.3 Å². The topological polar surface area (TPSA) is 43.8 Å². The Morgan fingerprint density at radius 2 is 1.92 bits per heavy atom. The first-order valence-electron chi connectivity index (χ1n) is 9.34. The molecule has 1 atom stereocenters. The van der Waals surface area contributed by atoms with Crippen LogP contribution in [0.25, 0.3) is 0 Å². The lowest BCUT2D eigenvalue weighted by atomic mass is 9.67. The van der Waals surface area contributed by atoms with Gasteiger partial charge in [0.05, 0.1) is 5.92 Å². The fraction of sp³-hybridized carbons (Fsp3) is 0.650. The molecule has 1 aromatic rings. The van der Waals surface area contributed by atoms with Crippen LogP contribution < -0.4 is 0 Å². The van der Waals surface area contributed by atoms with Gasteiger partial charge in [0.15, 0.2) is 0 Å². The summed E-state index contributed by atoms with van der Waals surface area (Å²) in [5.41, 5.74) is 1.43. The van der Waals surface area contributed by atoms with Gasteiger partial charge in [0.2, 0.25) is 5.91 Å². The van der Waals surface area contributed by atoms with Gasteiger partial charge in [-0.25, -0.2) is 0 Å². The van der Waals surface area contributed by atoms with Crippen molar-refractivity contribution in [1.82, 2.24) is 9.80 Å². The Morgan fingerprint density at radius 3 is 2.54 bits per heavy atom. The molecular weight excluding hydrogens is 300 g/mol. The number of piperidine rings is 2. The minimum atomic E-state index is 0.0175. The van der Waals surface area contributed by atoms with Crippen LogP contribution in [0.5, 0.6) is 0 Å². The van der Waals surface area contributed by atoms with Crippen LogP contribution in [0.3, 0.4) is 0 Å². The van der Waals surface area contributed by atoms with E-state index in [9.17, 15) is 4.79 Å². The predicted octanol–water partition coefficient (Wildman–Crippen LogP) is 2.49. The number of aliphatic hydroxyl groups is 1. The number of benzene rings is 1. The summed E-state index contributed by atoms with van der Waals surface area (Å²) in [7, 11) is 0. The van der Waals surface area contributed by atoms with Crippen LogP contribution in [0.2, 0.25) is 0 Å². The Hall–Kier alpha value is -1.39. The summed E-state index contributed by atoms with van der Waals surface area (Å²) in [6.45, 7) is 7.26. The van der Waals surface area contributed by atoms with E-state index in [1.807, 2.05) is 18.2 Å². The standard InChI is InChI=1S/C20H30N2O2/c1-2-22-16-20(9-12-21(13-10-20)11-6-14-23)15-18(19(22)24)17-7-4-3-5-8-17/h3-5,7-8,18,23H,2,6,9-16H2,1H3/t18-/m1/s1. The average molecular weight is 330 g/mol. The van der Waals surface area contributed by atoms with Gasteiger partial charge in [-0.3, -0.25) is 4.79 Å². The summed E-state index contributed by atoms with van der Waals surface area (Å²) in [6, 6.07) is 10.3. The van der Waals surface area contributed by atoms with Gasteiger partial charge >= 0.3 is 0 Å². The van der Waals surface area contributed by atoms with E-state index in [4.69, 9.17) is 5.11 Å². The monoisotopic (exact) mass is 330 g/mol. The molecule has 2 saturated heterocycles. The number of hydrogen-bond donors (Lipinski definition) is 1. The van der Waals surface area contributed by atoms with E-state index < -0.39 is 0 Å². The molecular formula is C20H30N2O2. The summed E-state index contributed by atoms with van der Waals surface area (Å²) in [4.78, 5) is 17.4. The minimum Gasteiger partial charge on any atom is -0.396 e. The number of hydrogen-bond acceptors (Lipinski definition) is 3. The van der Waals surface area contributed by atoms with Crippen LogP contribution in [0.4, 0.5) is 0 Å². The van der Waals surface area contributed by atoms with Crippen LogP contribution in [0.15, 0.2) is 30.3 Å². The summed E-state index contributed by atoms with van der Waals surface area (Å²) in [5, 5.41) is 9.02. The van der Waals surface area contributed by atoms with E-state index in [2.05, 4.69) is 28.9 Å². The molecule has 2 aliphatic heterocycles. The molecule has 4 heteroatoms. The second-order valence-electron chi connectivity index (χ2n) is 7.44. The first kappa shape index (κ1) is 17.4.